The van der Waals surface area contributed by atoms with E-state index < -0.39 is 17.9 Å². The van der Waals surface area contributed by atoms with E-state index >= 15 is 0 Å². The number of aliphatic hydroxyl groups excluding tert-OH is 1. The largest absolute Gasteiger partial charge is 0.394 e. The zero-order chi connectivity index (χ0) is 17.1. The predicted octanol–water partition coefficient (Wildman–Crippen LogP) is 1.73. The van der Waals surface area contributed by atoms with Crippen molar-refractivity contribution in [3.05, 3.63) is 65.2 Å². The van der Waals surface area contributed by atoms with Crippen LogP contribution in [0.4, 0.5) is 5.69 Å². The summed E-state index contributed by atoms with van der Waals surface area (Å²) >= 11 is 0. The number of nitrogens with one attached hydrogen (secondary N) is 1. The van der Waals surface area contributed by atoms with E-state index in [1.165, 1.54) is 4.90 Å². The number of hydrogen-bond donors (Lipinski definition) is 2. The van der Waals surface area contributed by atoms with Gasteiger partial charge in [0.25, 0.3) is 0 Å². The lowest BCUT2D eigenvalue weighted by Gasteiger charge is -2.20. The topological polar surface area (TPSA) is 69.6 Å². The molecule has 0 saturated carbocycles. The van der Waals surface area contributed by atoms with Gasteiger partial charge in [-0.3, -0.25) is 9.59 Å². The van der Waals surface area contributed by atoms with Crippen LogP contribution in [0, 0.1) is 6.92 Å². The van der Waals surface area contributed by atoms with E-state index in [9.17, 15) is 14.7 Å². The molecule has 2 aromatic rings. The summed E-state index contributed by atoms with van der Waals surface area (Å²) in [6.45, 7) is 2.24. The highest BCUT2D eigenvalue weighted by atomic mass is 16.3. The summed E-state index contributed by atoms with van der Waals surface area (Å²) in [7, 11) is 0. The van der Waals surface area contributed by atoms with E-state index in [2.05, 4.69) is 5.32 Å². The first-order valence-corrected chi connectivity index (χ1v) is 7.98. The molecule has 0 fully saturated rings. The Balaban J connectivity index is 1.75. The number of rotatable bonds is 3. The molecule has 1 aliphatic heterocycles. The van der Waals surface area contributed by atoms with Crippen molar-refractivity contribution in [1.82, 2.24) is 5.32 Å². The van der Waals surface area contributed by atoms with Gasteiger partial charge in [-0.2, -0.15) is 0 Å². The van der Waals surface area contributed by atoms with Crippen molar-refractivity contribution in [3.8, 4) is 0 Å². The second kappa shape index (κ2) is 6.84. The molecular weight excluding hydrogens is 304 g/mol. The number of benzene rings is 2. The van der Waals surface area contributed by atoms with Gasteiger partial charge in [0.1, 0.15) is 0 Å². The van der Waals surface area contributed by atoms with Gasteiger partial charge >= 0.3 is 11.8 Å². The molecule has 0 aromatic heterocycles. The predicted molar refractivity (Wildman–Crippen MR) is 91.6 cm³/mol. The maximum atomic E-state index is 12.5. The van der Waals surface area contributed by atoms with Crippen LogP contribution in [0.15, 0.2) is 48.5 Å². The molecule has 2 N–H and O–H groups in total. The summed E-state index contributed by atoms with van der Waals surface area (Å²) in [4.78, 5) is 26.4. The fraction of sp³-hybridized carbons (Fsp3) is 0.263. The van der Waals surface area contributed by atoms with Crippen molar-refractivity contribution in [3.63, 3.8) is 0 Å². The van der Waals surface area contributed by atoms with Crippen LogP contribution >= 0.6 is 0 Å². The number of amides is 2. The average Bonchev–Trinajstić information content (AvgIpc) is 3.05. The molecule has 5 nitrogen and oxygen atoms in total. The zero-order valence-corrected chi connectivity index (χ0v) is 13.5. The molecule has 2 aromatic carbocycles. The van der Waals surface area contributed by atoms with Gasteiger partial charge in [0, 0.05) is 12.2 Å². The van der Waals surface area contributed by atoms with E-state index in [-0.39, 0.29) is 6.61 Å². The van der Waals surface area contributed by atoms with Crippen LogP contribution < -0.4 is 10.2 Å². The van der Waals surface area contributed by atoms with Crippen LogP contribution in [0.25, 0.3) is 0 Å². The second-order valence-corrected chi connectivity index (χ2v) is 5.90. The van der Waals surface area contributed by atoms with Gasteiger partial charge in [0.15, 0.2) is 0 Å². The monoisotopic (exact) mass is 324 g/mol. The molecule has 1 heterocycles. The maximum absolute atomic E-state index is 12.5. The fourth-order valence-corrected chi connectivity index (χ4v) is 3.08. The van der Waals surface area contributed by atoms with Crippen molar-refractivity contribution in [2.45, 2.75) is 19.4 Å². The molecule has 124 valence electrons. The quantitative estimate of drug-likeness (QED) is 0.845. The second-order valence-electron chi connectivity index (χ2n) is 5.90. The fourth-order valence-electron chi connectivity index (χ4n) is 3.08. The highest BCUT2D eigenvalue weighted by Gasteiger charge is 2.30. The summed E-state index contributed by atoms with van der Waals surface area (Å²) in [5.41, 5.74) is 3.80. The smallest absolute Gasteiger partial charge is 0.316 e. The van der Waals surface area contributed by atoms with Crippen molar-refractivity contribution < 1.29 is 14.7 Å². The van der Waals surface area contributed by atoms with Gasteiger partial charge < -0.3 is 15.3 Å². The van der Waals surface area contributed by atoms with E-state index in [4.69, 9.17) is 0 Å². The molecule has 1 unspecified atom stereocenters. The molecule has 0 radical (unpaired) electrons. The van der Waals surface area contributed by atoms with Gasteiger partial charge in [-0.1, -0.05) is 42.5 Å². The Morgan fingerprint density at radius 1 is 1.17 bits per heavy atom. The minimum absolute atomic E-state index is 0.265. The Labute approximate surface area is 140 Å². The number of nitrogens with zero attached hydrogens (tertiary/aromatic N) is 1. The van der Waals surface area contributed by atoms with E-state index in [0.29, 0.717) is 6.54 Å². The standard InChI is InChI=1S/C19H20N2O3/c1-13-6-5-9-17-15(13)10-11-21(17)19(24)18(23)20-16(12-22)14-7-3-2-4-8-14/h2-9,16,22H,10-12H2,1H3,(H,20,23). The molecule has 1 aliphatic rings. The summed E-state index contributed by atoms with van der Waals surface area (Å²) < 4.78 is 0. The first-order valence-electron chi connectivity index (χ1n) is 7.98. The number of carbonyl (C=O) groups excluding carboxylic acids is 2. The number of aryl methyl sites for hydroxylation is 1. The average molecular weight is 324 g/mol. The van der Waals surface area contributed by atoms with Crippen molar-refractivity contribution in [2.24, 2.45) is 0 Å². The molecule has 3 rings (SSSR count). The third-order valence-corrected chi connectivity index (χ3v) is 4.39. The van der Waals surface area contributed by atoms with Gasteiger partial charge in [0.05, 0.1) is 12.6 Å². The Bertz CT molecular complexity index is 758. The molecule has 0 spiro atoms. The van der Waals surface area contributed by atoms with E-state index in [1.54, 1.807) is 12.1 Å². The Hall–Kier alpha value is -2.66. The zero-order valence-electron chi connectivity index (χ0n) is 13.5. The summed E-state index contributed by atoms with van der Waals surface area (Å²) in [6, 6.07) is 14.3. The molecule has 1 atom stereocenters. The molecule has 0 aliphatic carbocycles. The molecular formula is C19H20N2O3. The Kier molecular flexibility index (Phi) is 4.62. The molecule has 2 amide bonds. The Morgan fingerprint density at radius 2 is 1.92 bits per heavy atom. The molecule has 24 heavy (non-hydrogen) atoms. The van der Waals surface area contributed by atoms with Crippen LogP contribution in [-0.4, -0.2) is 30.1 Å². The SMILES string of the molecule is Cc1cccc2c1CCN2C(=O)C(=O)NC(CO)c1ccccc1. The van der Waals surface area contributed by atoms with Crippen LogP contribution in [0.1, 0.15) is 22.7 Å². The van der Waals surface area contributed by atoms with Gasteiger partial charge in [-0.25, -0.2) is 0 Å². The number of aliphatic hydroxyl groups is 1. The minimum Gasteiger partial charge on any atom is -0.394 e. The lowest BCUT2D eigenvalue weighted by molar-refractivity contribution is -0.138. The lowest BCUT2D eigenvalue weighted by atomic mass is 10.1. The first-order chi connectivity index (χ1) is 11.6. The van der Waals surface area contributed by atoms with Crippen LogP contribution in [0.5, 0.6) is 0 Å². The first kappa shape index (κ1) is 16.2. The maximum Gasteiger partial charge on any atom is 0.316 e. The number of carbonyl (C=O) groups is 2. The normalized spacial score (nSPS) is 14.2. The van der Waals surface area contributed by atoms with Gasteiger partial charge in [-0.05, 0) is 36.1 Å². The third-order valence-electron chi connectivity index (χ3n) is 4.39. The van der Waals surface area contributed by atoms with E-state index in [1.807, 2.05) is 43.3 Å². The van der Waals surface area contributed by atoms with Crippen molar-refractivity contribution in [1.29, 1.82) is 0 Å². The third kappa shape index (κ3) is 3.03. The van der Waals surface area contributed by atoms with Crippen molar-refractivity contribution in [2.75, 3.05) is 18.1 Å². The minimum atomic E-state index is -0.702. The molecule has 0 saturated heterocycles. The van der Waals surface area contributed by atoms with Crippen LogP contribution in [0.2, 0.25) is 0 Å². The van der Waals surface area contributed by atoms with Crippen molar-refractivity contribution >= 4 is 17.5 Å². The highest BCUT2D eigenvalue weighted by Crippen LogP contribution is 2.30. The number of anilines is 1. The van der Waals surface area contributed by atoms with E-state index in [0.717, 1.165) is 28.8 Å². The van der Waals surface area contributed by atoms with Gasteiger partial charge in [-0.15, -0.1) is 0 Å². The lowest BCUT2D eigenvalue weighted by Crippen LogP contribution is -2.44. The molecule has 0 bridgehead atoms. The van der Waals surface area contributed by atoms with Gasteiger partial charge in [0.2, 0.25) is 0 Å². The summed E-state index contributed by atoms with van der Waals surface area (Å²) in [6.07, 6.45) is 0.753. The number of hydrogen-bond acceptors (Lipinski definition) is 3. The highest BCUT2D eigenvalue weighted by molar-refractivity contribution is 6.40. The van der Waals surface area contributed by atoms with Crippen LogP contribution in [-0.2, 0) is 16.0 Å². The summed E-state index contributed by atoms with van der Waals surface area (Å²) in [5.74, 6) is -1.29. The summed E-state index contributed by atoms with van der Waals surface area (Å²) in [5, 5.41) is 12.2. The van der Waals surface area contributed by atoms with Crippen LogP contribution in [0.3, 0.4) is 0 Å². The molecule has 5 heteroatoms. The Morgan fingerprint density at radius 3 is 2.62 bits per heavy atom. The number of fused-ring (bicyclic) bond motifs is 1.